The monoisotopic (exact) mass is 371 g/mol. The Morgan fingerprint density at radius 2 is 2.07 bits per heavy atom. The van der Waals surface area contributed by atoms with E-state index in [-0.39, 0.29) is 11.9 Å². The van der Waals surface area contributed by atoms with E-state index >= 15 is 0 Å². The summed E-state index contributed by atoms with van der Waals surface area (Å²) < 4.78 is 0. The van der Waals surface area contributed by atoms with Crippen LogP contribution in [0.15, 0.2) is 24.4 Å². The topological polar surface area (TPSA) is 60.5 Å². The highest BCUT2D eigenvalue weighted by Crippen LogP contribution is 2.41. The number of likely N-dealkylation sites (N-methyl/N-ethyl adjacent to an activating group) is 1. The number of rotatable bonds is 4. The van der Waals surface area contributed by atoms with Crippen LogP contribution in [-0.2, 0) is 11.3 Å². The molecule has 3 aliphatic rings. The van der Waals surface area contributed by atoms with E-state index < -0.39 is 0 Å². The first kappa shape index (κ1) is 18.8. The highest BCUT2D eigenvalue weighted by atomic mass is 16.2. The Balaban J connectivity index is 1.25. The number of piperidine rings is 2. The Bertz CT molecular complexity index is 623. The molecule has 148 valence electrons. The Kier molecular flexibility index (Phi) is 5.76. The summed E-state index contributed by atoms with van der Waals surface area (Å²) in [5.41, 5.74) is 1.48. The van der Waals surface area contributed by atoms with Crippen molar-refractivity contribution in [2.24, 2.45) is 5.41 Å². The zero-order chi connectivity index (χ0) is 18.7. The third-order valence-electron chi connectivity index (χ3n) is 6.76. The van der Waals surface area contributed by atoms with Gasteiger partial charge in [-0.3, -0.25) is 19.6 Å². The van der Waals surface area contributed by atoms with Crippen LogP contribution < -0.4 is 10.6 Å². The first-order valence-corrected chi connectivity index (χ1v) is 10.5. The predicted molar refractivity (Wildman–Crippen MR) is 106 cm³/mol. The van der Waals surface area contributed by atoms with Crippen molar-refractivity contribution >= 4 is 5.91 Å². The number of hydrogen-bond acceptors (Lipinski definition) is 5. The van der Waals surface area contributed by atoms with Gasteiger partial charge in [0.05, 0.1) is 11.7 Å². The number of carbonyl (C=O) groups is 1. The number of aromatic nitrogens is 1. The molecule has 2 N–H and O–H groups in total. The van der Waals surface area contributed by atoms with Crippen molar-refractivity contribution in [2.75, 3.05) is 39.8 Å². The molecule has 1 atom stereocenters. The van der Waals surface area contributed by atoms with Gasteiger partial charge in [0.2, 0.25) is 5.91 Å². The van der Waals surface area contributed by atoms with E-state index in [1.807, 2.05) is 18.3 Å². The summed E-state index contributed by atoms with van der Waals surface area (Å²) in [4.78, 5) is 22.1. The maximum absolute atomic E-state index is 12.9. The minimum Gasteiger partial charge on any atom is -0.352 e. The van der Waals surface area contributed by atoms with Crippen LogP contribution >= 0.6 is 0 Å². The Morgan fingerprint density at radius 1 is 1.30 bits per heavy atom. The fourth-order valence-electron chi connectivity index (χ4n) is 5.14. The standard InChI is InChI=1S/C21H33N5O/c1-25-16-21(7-10-22-11-8-21)14-19(25)20(27)24-17-5-12-26(13-6-17)15-18-4-2-3-9-23-18/h2-4,9,17,19,22H,5-8,10-16H2,1H3,(H,24,27)/t19-/m1/s1. The van der Waals surface area contributed by atoms with Crippen LogP contribution in [0.2, 0.25) is 0 Å². The molecule has 0 unspecified atom stereocenters. The second-order valence-electron chi connectivity index (χ2n) is 8.77. The molecule has 0 bridgehead atoms. The minimum atomic E-state index is 0.0506. The maximum atomic E-state index is 12.9. The lowest BCUT2D eigenvalue weighted by Crippen LogP contribution is -2.49. The first-order valence-electron chi connectivity index (χ1n) is 10.5. The molecule has 3 saturated heterocycles. The lowest BCUT2D eigenvalue weighted by Gasteiger charge is -2.34. The molecule has 1 amide bonds. The van der Waals surface area contributed by atoms with E-state index in [1.165, 1.54) is 12.8 Å². The molecule has 6 nitrogen and oxygen atoms in total. The van der Waals surface area contributed by atoms with Crippen molar-refractivity contribution in [3.8, 4) is 0 Å². The average molecular weight is 372 g/mol. The van der Waals surface area contributed by atoms with Gasteiger partial charge in [-0.25, -0.2) is 0 Å². The lowest BCUT2D eigenvalue weighted by molar-refractivity contribution is -0.126. The highest BCUT2D eigenvalue weighted by Gasteiger charge is 2.45. The molecule has 1 aromatic heterocycles. The summed E-state index contributed by atoms with van der Waals surface area (Å²) in [6, 6.07) is 6.45. The van der Waals surface area contributed by atoms with Crippen LogP contribution in [0.1, 0.15) is 37.8 Å². The molecule has 4 heterocycles. The molecule has 27 heavy (non-hydrogen) atoms. The molecule has 0 aliphatic carbocycles. The SMILES string of the molecule is CN1CC2(CCNCC2)C[C@@H]1C(=O)NC1CCN(Cc2ccccn2)CC1. The molecule has 4 rings (SSSR count). The summed E-state index contributed by atoms with van der Waals surface area (Å²) in [6.45, 7) is 6.21. The second-order valence-corrected chi connectivity index (χ2v) is 8.77. The van der Waals surface area contributed by atoms with Gasteiger partial charge in [0.15, 0.2) is 0 Å². The molecule has 3 aliphatic heterocycles. The number of hydrogen-bond donors (Lipinski definition) is 2. The number of nitrogens with zero attached hydrogens (tertiary/aromatic N) is 3. The molecule has 3 fully saturated rings. The van der Waals surface area contributed by atoms with Crippen LogP contribution in [0.3, 0.4) is 0 Å². The van der Waals surface area contributed by atoms with E-state index in [0.717, 1.165) is 64.2 Å². The van der Waals surface area contributed by atoms with Crippen molar-refractivity contribution in [3.05, 3.63) is 30.1 Å². The molecule has 0 radical (unpaired) electrons. The van der Waals surface area contributed by atoms with Gasteiger partial charge in [-0.15, -0.1) is 0 Å². The first-order chi connectivity index (χ1) is 13.1. The van der Waals surface area contributed by atoms with Gasteiger partial charge in [-0.1, -0.05) is 6.07 Å². The lowest BCUT2D eigenvalue weighted by atomic mass is 9.77. The third kappa shape index (κ3) is 4.50. The molecular weight excluding hydrogens is 338 g/mol. The van der Waals surface area contributed by atoms with Crippen LogP contribution in [0, 0.1) is 5.41 Å². The van der Waals surface area contributed by atoms with E-state index in [1.54, 1.807) is 0 Å². The van der Waals surface area contributed by atoms with Gasteiger partial charge >= 0.3 is 0 Å². The van der Waals surface area contributed by atoms with E-state index in [4.69, 9.17) is 0 Å². The van der Waals surface area contributed by atoms with Crippen molar-refractivity contribution in [2.45, 2.75) is 50.7 Å². The van der Waals surface area contributed by atoms with Crippen molar-refractivity contribution in [1.29, 1.82) is 0 Å². The third-order valence-corrected chi connectivity index (χ3v) is 6.76. The van der Waals surface area contributed by atoms with Crippen molar-refractivity contribution in [3.63, 3.8) is 0 Å². The van der Waals surface area contributed by atoms with E-state index in [0.29, 0.717) is 11.5 Å². The summed E-state index contributed by atoms with van der Waals surface area (Å²) in [5, 5.41) is 6.81. The van der Waals surface area contributed by atoms with Crippen LogP contribution in [0.4, 0.5) is 0 Å². The fraction of sp³-hybridized carbons (Fsp3) is 0.714. The van der Waals surface area contributed by atoms with E-state index in [2.05, 4.69) is 38.5 Å². The molecule has 1 spiro atoms. The normalized spacial score (nSPS) is 27.1. The highest BCUT2D eigenvalue weighted by molar-refractivity contribution is 5.82. The smallest absolute Gasteiger partial charge is 0.237 e. The number of amides is 1. The van der Waals surface area contributed by atoms with Gasteiger partial charge in [0, 0.05) is 38.4 Å². The summed E-state index contributed by atoms with van der Waals surface area (Å²) in [7, 11) is 2.12. The van der Waals surface area contributed by atoms with Gasteiger partial charge < -0.3 is 10.6 Å². The summed E-state index contributed by atoms with van der Waals surface area (Å²) >= 11 is 0. The molecule has 6 heteroatoms. The Labute approximate surface area is 162 Å². The van der Waals surface area contributed by atoms with Crippen LogP contribution in [0.25, 0.3) is 0 Å². The van der Waals surface area contributed by atoms with Gasteiger partial charge in [0.25, 0.3) is 0 Å². The summed E-state index contributed by atoms with van der Waals surface area (Å²) in [6.07, 6.45) is 7.35. The number of pyridine rings is 1. The summed E-state index contributed by atoms with van der Waals surface area (Å²) in [5.74, 6) is 0.246. The molecular formula is C21H33N5O. The largest absolute Gasteiger partial charge is 0.352 e. The number of nitrogens with one attached hydrogen (secondary N) is 2. The fourth-order valence-corrected chi connectivity index (χ4v) is 5.14. The van der Waals surface area contributed by atoms with Crippen molar-refractivity contribution in [1.82, 2.24) is 25.4 Å². The van der Waals surface area contributed by atoms with Gasteiger partial charge in [0.1, 0.15) is 0 Å². The Morgan fingerprint density at radius 3 is 2.78 bits per heavy atom. The number of carbonyl (C=O) groups excluding carboxylic acids is 1. The van der Waals surface area contributed by atoms with Crippen LogP contribution in [-0.4, -0.2) is 72.5 Å². The van der Waals surface area contributed by atoms with Crippen LogP contribution in [0.5, 0.6) is 0 Å². The zero-order valence-electron chi connectivity index (χ0n) is 16.5. The second kappa shape index (κ2) is 8.25. The van der Waals surface area contributed by atoms with Gasteiger partial charge in [-0.2, -0.15) is 0 Å². The quantitative estimate of drug-likeness (QED) is 0.834. The minimum absolute atomic E-state index is 0.0506. The average Bonchev–Trinajstić information content (AvgIpc) is 3.00. The predicted octanol–water partition coefficient (Wildman–Crippen LogP) is 1.24. The van der Waals surface area contributed by atoms with Crippen molar-refractivity contribution < 1.29 is 4.79 Å². The number of likely N-dealkylation sites (tertiary alicyclic amines) is 2. The Hall–Kier alpha value is -1.50. The molecule has 0 saturated carbocycles. The molecule has 1 aromatic rings. The molecule has 0 aromatic carbocycles. The van der Waals surface area contributed by atoms with Gasteiger partial charge in [-0.05, 0) is 69.8 Å². The zero-order valence-corrected chi connectivity index (χ0v) is 16.5. The van der Waals surface area contributed by atoms with E-state index in [9.17, 15) is 4.79 Å². The maximum Gasteiger partial charge on any atom is 0.237 e.